The van der Waals surface area contributed by atoms with Crippen LogP contribution in [0.4, 0.5) is 10.1 Å². The normalized spacial score (nSPS) is 11.8. The van der Waals surface area contributed by atoms with E-state index in [1.54, 1.807) is 0 Å². The van der Waals surface area contributed by atoms with Crippen LogP contribution in [0.1, 0.15) is 5.69 Å². The lowest BCUT2D eigenvalue weighted by Crippen LogP contribution is -2.43. The molecule has 0 fully saturated rings. The van der Waals surface area contributed by atoms with Crippen LogP contribution in [-0.2, 0) is 7.05 Å². The second-order valence-electron chi connectivity index (χ2n) is 3.40. The van der Waals surface area contributed by atoms with Gasteiger partial charge in [0.25, 0.3) is 0 Å². The molecule has 1 N–H and O–H groups in total. The fourth-order valence-corrected chi connectivity index (χ4v) is 1.47. The van der Waals surface area contributed by atoms with E-state index in [2.05, 4.69) is 14.8 Å². The summed E-state index contributed by atoms with van der Waals surface area (Å²) in [6.45, 7) is 0. The molecule has 6 nitrogen and oxygen atoms in total. The zero-order valence-electron chi connectivity index (χ0n) is 9.11. The van der Waals surface area contributed by atoms with Crippen molar-refractivity contribution in [2.75, 3.05) is 0 Å². The van der Waals surface area contributed by atoms with E-state index in [1.165, 1.54) is 19.2 Å². The van der Waals surface area contributed by atoms with E-state index in [4.69, 9.17) is 11.6 Å². The summed E-state index contributed by atoms with van der Waals surface area (Å²) < 4.78 is 18.4. The van der Waals surface area contributed by atoms with Crippen LogP contribution >= 0.6 is 11.6 Å². The van der Waals surface area contributed by atoms with Gasteiger partial charge in [-0.25, -0.2) is 9.18 Å². The number of aromatic nitrogens is 2. The standard InChI is InChI=1S/C10H7ClFN3O3/c1-15-8(10(17)18-14-15)9(16)13-5-2-3-7(12)6(11)4-5/h2-4H,1H3,(H-,13,14,16,17). The zero-order valence-corrected chi connectivity index (χ0v) is 9.86. The van der Waals surface area contributed by atoms with Crippen molar-refractivity contribution < 1.29 is 18.7 Å². The molecule has 0 saturated carbocycles. The summed E-state index contributed by atoms with van der Waals surface area (Å²) in [5.74, 6) is -1.43. The second kappa shape index (κ2) is 4.61. The number of nitrogens with one attached hydrogen (secondary N) is 1. The zero-order chi connectivity index (χ0) is 13.3. The van der Waals surface area contributed by atoms with E-state index in [0.29, 0.717) is 0 Å². The number of aromatic amines is 1. The molecule has 0 amide bonds. The summed E-state index contributed by atoms with van der Waals surface area (Å²) in [5, 5.41) is 13.7. The van der Waals surface area contributed by atoms with Crippen molar-refractivity contribution in [3.63, 3.8) is 0 Å². The molecular weight excluding hydrogens is 265 g/mol. The number of halogens is 2. The average molecular weight is 272 g/mol. The van der Waals surface area contributed by atoms with Crippen LogP contribution in [0.25, 0.3) is 0 Å². The van der Waals surface area contributed by atoms with E-state index in [0.717, 1.165) is 10.7 Å². The Hall–Kier alpha value is -2.15. The van der Waals surface area contributed by atoms with Crippen molar-refractivity contribution in [3.8, 4) is 0 Å². The van der Waals surface area contributed by atoms with Crippen molar-refractivity contribution in [3.05, 3.63) is 45.2 Å². The molecule has 0 aliphatic rings. The molecule has 1 heterocycles. The van der Waals surface area contributed by atoms with E-state index >= 15 is 0 Å². The van der Waals surface area contributed by atoms with Crippen molar-refractivity contribution in [1.82, 2.24) is 5.27 Å². The summed E-state index contributed by atoms with van der Waals surface area (Å²) >= 11 is 5.55. The van der Waals surface area contributed by atoms with Gasteiger partial charge in [0.1, 0.15) is 5.82 Å². The second-order valence-corrected chi connectivity index (χ2v) is 3.81. The third kappa shape index (κ3) is 2.25. The number of H-pyrrole nitrogens is 1. The van der Waals surface area contributed by atoms with Crippen molar-refractivity contribution in [2.45, 2.75) is 0 Å². The average Bonchev–Trinajstić information content (AvgIpc) is 2.64. The molecule has 1 aromatic heterocycles. The minimum atomic E-state index is -0.834. The first-order valence-corrected chi connectivity index (χ1v) is 5.15. The molecule has 0 atom stereocenters. The molecular formula is C10H7ClFN3O3. The summed E-state index contributed by atoms with van der Waals surface area (Å²) in [4.78, 5) is 14.8. The highest BCUT2D eigenvalue weighted by atomic mass is 35.5. The molecule has 1 aromatic carbocycles. The maximum Gasteiger partial charge on any atom is 0.435 e. The molecule has 0 radical (unpaired) electrons. The smallest absolute Gasteiger partial charge is 0.435 e. The molecule has 18 heavy (non-hydrogen) atoms. The molecule has 0 aliphatic heterocycles. The van der Waals surface area contributed by atoms with Gasteiger partial charge in [-0.2, -0.15) is 0 Å². The van der Waals surface area contributed by atoms with Gasteiger partial charge >= 0.3 is 11.3 Å². The number of hydrogen-bond acceptors (Lipinski definition) is 4. The summed E-state index contributed by atoms with van der Waals surface area (Å²) in [6, 6.07) is 3.53. The Morgan fingerprint density at radius 2 is 2.33 bits per heavy atom. The molecule has 94 valence electrons. The van der Waals surface area contributed by atoms with Gasteiger partial charge in [0.05, 0.1) is 16.6 Å². The molecule has 8 heteroatoms. The fraction of sp³-hybridized carbons (Fsp3) is 0.100. The largest absolute Gasteiger partial charge is 0.854 e. The first-order chi connectivity index (χ1) is 8.49. The molecule has 2 aromatic rings. The first-order valence-electron chi connectivity index (χ1n) is 4.77. The lowest BCUT2D eigenvalue weighted by molar-refractivity contribution is -0.742. The first kappa shape index (κ1) is 12.3. The number of hydrogen-bond donors (Lipinski definition) is 1. The third-order valence-corrected chi connectivity index (χ3v) is 2.43. The van der Waals surface area contributed by atoms with Gasteiger partial charge in [-0.3, -0.25) is 9.52 Å². The Morgan fingerprint density at radius 1 is 1.61 bits per heavy atom. The van der Waals surface area contributed by atoms with Crippen LogP contribution in [0.5, 0.6) is 0 Å². The predicted molar refractivity (Wildman–Crippen MR) is 58.1 cm³/mol. The molecule has 0 saturated heterocycles. The maximum absolute atomic E-state index is 12.9. The van der Waals surface area contributed by atoms with Crippen LogP contribution in [0, 0.1) is 5.82 Å². The highest BCUT2D eigenvalue weighted by molar-refractivity contribution is 6.31. The maximum atomic E-state index is 12.9. The van der Waals surface area contributed by atoms with Gasteiger partial charge in [-0.05, 0) is 23.5 Å². The van der Waals surface area contributed by atoms with Gasteiger partial charge in [0.15, 0.2) is 7.05 Å². The molecule has 0 unspecified atom stereocenters. The van der Waals surface area contributed by atoms with Gasteiger partial charge in [-0.15, -0.1) is 0 Å². The van der Waals surface area contributed by atoms with Crippen LogP contribution in [-0.4, -0.2) is 11.2 Å². The number of nitrogens with zero attached hydrogens (tertiary/aromatic N) is 2. The van der Waals surface area contributed by atoms with Gasteiger partial charge in [0.2, 0.25) is 0 Å². The van der Waals surface area contributed by atoms with Crippen LogP contribution < -0.4 is 15.4 Å². The topological polar surface area (TPSA) is 85.3 Å². The van der Waals surface area contributed by atoms with Gasteiger partial charge in [0, 0.05) is 0 Å². The van der Waals surface area contributed by atoms with Crippen LogP contribution in [0.2, 0.25) is 5.02 Å². The summed E-state index contributed by atoms with van der Waals surface area (Å²) in [7, 11) is 1.42. The van der Waals surface area contributed by atoms with E-state index in [-0.39, 0.29) is 16.4 Å². The highest BCUT2D eigenvalue weighted by Gasteiger charge is 2.17. The number of rotatable bonds is 2. The summed E-state index contributed by atoms with van der Waals surface area (Å²) in [6.07, 6.45) is 0. The number of aliphatic imine (C=N–C) groups is 1. The van der Waals surface area contributed by atoms with Gasteiger partial charge < -0.3 is 5.11 Å². The minimum Gasteiger partial charge on any atom is -0.854 e. The molecule has 0 spiro atoms. The van der Waals surface area contributed by atoms with Crippen molar-refractivity contribution >= 4 is 23.2 Å². The predicted octanol–water partition coefficient (Wildman–Crippen LogP) is 0.0235. The number of aryl methyl sites for hydroxylation is 1. The summed E-state index contributed by atoms with van der Waals surface area (Å²) in [5.41, 5.74) is -0.957. The van der Waals surface area contributed by atoms with Crippen LogP contribution in [0.3, 0.4) is 0 Å². The fourth-order valence-electron chi connectivity index (χ4n) is 1.30. The lowest BCUT2D eigenvalue weighted by atomic mass is 10.3. The van der Waals surface area contributed by atoms with Crippen molar-refractivity contribution in [1.29, 1.82) is 0 Å². The Balaban J connectivity index is 2.45. The van der Waals surface area contributed by atoms with Gasteiger partial charge in [-0.1, -0.05) is 16.3 Å². The van der Waals surface area contributed by atoms with Crippen molar-refractivity contribution in [2.24, 2.45) is 12.0 Å². The molecule has 0 aliphatic carbocycles. The van der Waals surface area contributed by atoms with E-state index in [9.17, 15) is 14.3 Å². The highest BCUT2D eigenvalue weighted by Crippen LogP contribution is 2.21. The SMILES string of the molecule is C[n+]1[nH]oc(=O)c1C([O-])=Nc1ccc(F)c(Cl)c1. The quantitative estimate of drug-likeness (QED) is 0.475. The minimum absolute atomic E-state index is 0.145. The molecule has 2 rings (SSSR count). The Morgan fingerprint density at radius 3 is 2.89 bits per heavy atom. The Bertz CT molecular complexity index is 677. The van der Waals surface area contributed by atoms with E-state index in [1.807, 2.05) is 0 Å². The van der Waals surface area contributed by atoms with Crippen LogP contribution in [0.15, 0.2) is 32.5 Å². The monoisotopic (exact) mass is 271 g/mol. The Kier molecular flexibility index (Phi) is 3.15. The van der Waals surface area contributed by atoms with E-state index < -0.39 is 17.3 Å². The third-order valence-electron chi connectivity index (χ3n) is 2.14. The Labute approximate surface area is 105 Å². The molecule has 0 bridgehead atoms. The number of benzene rings is 1. The lowest BCUT2D eigenvalue weighted by Gasteiger charge is -2.03.